The molecule has 5 heteroatoms. The fourth-order valence-corrected chi connectivity index (χ4v) is 4.20. The molecule has 4 nitrogen and oxygen atoms in total. The van der Waals surface area contributed by atoms with Crippen LogP contribution in [0.25, 0.3) is 0 Å². The number of nitrogens with one attached hydrogen (secondary N) is 1. The molecular weight excluding hydrogens is 284 g/mol. The van der Waals surface area contributed by atoms with Gasteiger partial charge in [0.15, 0.2) is 0 Å². The van der Waals surface area contributed by atoms with Crippen molar-refractivity contribution in [2.45, 2.75) is 65.8 Å². The van der Waals surface area contributed by atoms with Crippen LogP contribution in [0.2, 0.25) is 0 Å². The standard InChI is InChI=1S/C16H34N2O2S/c1-6-17-15(16(2,3)4)11-7-9-14-10-8-12-18(13-14)21(5,19)20/h14-15,17H,6-13H2,1-5H3. The zero-order valence-corrected chi connectivity index (χ0v) is 15.3. The Hall–Kier alpha value is -0.130. The van der Waals surface area contributed by atoms with Gasteiger partial charge in [0.25, 0.3) is 0 Å². The third-order valence-corrected chi connectivity index (χ3v) is 5.82. The van der Waals surface area contributed by atoms with Crippen LogP contribution in [0.3, 0.4) is 0 Å². The van der Waals surface area contributed by atoms with E-state index in [0.29, 0.717) is 18.5 Å². The normalized spacial score (nSPS) is 23.2. The molecule has 2 atom stereocenters. The molecule has 0 spiro atoms. The summed E-state index contributed by atoms with van der Waals surface area (Å²) in [6.07, 6.45) is 7.01. The molecule has 1 fully saturated rings. The van der Waals surface area contributed by atoms with Gasteiger partial charge < -0.3 is 5.32 Å². The second kappa shape index (κ2) is 7.93. The number of hydrogen-bond acceptors (Lipinski definition) is 3. The Bertz CT molecular complexity index is 401. The van der Waals surface area contributed by atoms with E-state index in [2.05, 4.69) is 33.0 Å². The molecular formula is C16H34N2O2S. The highest BCUT2D eigenvalue weighted by atomic mass is 32.2. The van der Waals surface area contributed by atoms with E-state index in [1.807, 2.05) is 0 Å². The van der Waals surface area contributed by atoms with E-state index in [4.69, 9.17) is 0 Å². The van der Waals surface area contributed by atoms with Gasteiger partial charge in [0.2, 0.25) is 10.0 Å². The van der Waals surface area contributed by atoms with Crippen molar-refractivity contribution in [3.63, 3.8) is 0 Å². The first kappa shape index (κ1) is 18.9. The Labute approximate surface area is 131 Å². The van der Waals surface area contributed by atoms with E-state index < -0.39 is 10.0 Å². The third-order valence-electron chi connectivity index (χ3n) is 4.55. The first-order valence-corrected chi connectivity index (χ1v) is 10.2. The molecule has 0 bridgehead atoms. The Kier molecular flexibility index (Phi) is 7.14. The Balaban J connectivity index is 2.41. The lowest BCUT2D eigenvalue weighted by Crippen LogP contribution is -2.41. The van der Waals surface area contributed by atoms with E-state index in [0.717, 1.165) is 25.9 Å². The minimum atomic E-state index is -3.01. The monoisotopic (exact) mass is 318 g/mol. The van der Waals surface area contributed by atoms with Crippen LogP contribution in [0.4, 0.5) is 0 Å². The molecule has 0 saturated carbocycles. The van der Waals surface area contributed by atoms with Crippen LogP contribution < -0.4 is 5.32 Å². The molecule has 1 saturated heterocycles. The van der Waals surface area contributed by atoms with E-state index in [-0.39, 0.29) is 5.41 Å². The maximum atomic E-state index is 11.6. The van der Waals surface area contributed by atoms with Crippen LogP contribution in [-0.2, 0) is 10.0 Å². The number of rotatable bonds is 7. The van der Waals surface area contributed by atoms with Crippen molar-refractivity contribution in [2.24, 2.45) is 11.3 Å². The summed E-state index contributed by atoms with van der Waals surface area (Å²) in [5.41, 5.74) is 0.279. The average molecular weight is 319 g/mol. The van der Waals surface area contributed by atoms with E-state index in [1.165, 1.54) is 25.5 Å². The quantitative estimate of drug-likeness (QED) is 0.785. The van der Waals surface area contributed by atoms with Crippen molar-refractivity contribution >= 4 is 10.0 Å². The lowest BCUT2D eigenvalue weighted by molar-refractivity contribution is 0.226. The highest BCUT2D eigenvalue weighted by molar-refractivity contribution is 7.88. The maximum absolute atomic E-state index is 11.6. The summed E-state index contributed by atoms with van der Waals surface area (Å²) in [6, 6.07) is 0.539. The van der Waals surface area contributed by atoms with E-state index >= 15 is 0 Å². The van der Waals surface area contributed by atoms with Crippen molar-refractivity contribution in [3.05, 3.63) is 0 Å². The topological polar surface area (TPSA) is 49.4 Å². The molecule has 21 heavy (non-hydrogen) atoms. The van der Waals surface area contributed by atoms with Gasteiger partial charge in [0.1, 0.15) is 0 Å². The van der Waals surface area contributed by atoms with Gasteiger partial charge in [-0.05, 0) is 43.6 Å². The molecule has 0 aliphatic carbocycles. The third kappa shape index (κ3) is 6.66. The van der Waals surface area contributed by atoms with Gasteiger partial charge in [0, 0.05) is 19.1 Å². The van der Waals surface area contributed by atoms with Gasteiger partial charge in [0.05, 0.1) is 6.26 Å². The first-order chi connectivity index (χ1) is 9.64. The highest BCUT2D eigenvalue weighted by Gasteiger charge is 2.27. The molecule has 1 aliphatic heterocycles. The summed E-state index contributed by atoms with van der Waals surface area (Å²) in [6.45, 7) is 11.4. The average Bonchev–Trinajstić information content (AvgIpc) is 2.36. The van der Waals surface area contributed by atoms with Crippen molar-refractivity contribution < 1.29 is 8.42 Å². The van der Waals surface area contributed by atoms with Gasteiger partial charge in [-0.2, -0.15) is 0 Å². The predicted molar refractivity (Wildman–Crippen MR) is 89.9 cm³/mol. The second-order valence-electron chi connectivity index (χ2n) is 7.54. The van der Waals surface area contributed by atoms with Crippen LogP contribution in [0.5, 0.6) is 0 Å². The van der Waals surface area contributed by atoms with Gasteiger partial charge in [-0.1, -0.05) is 34.1 Å². The largest absolute Gasteiger partial charge is 0.314 e. The number of nitrogens with zero attached hydrogens (tertiary/aromatic N) is 1. The highest BCUT2D eigenvalue weighted by Crippen LogP contribution is 2.27. The number of piperidine rings is 1. The molecule has 1 N–H and O–H groups in total. The first-order valence-electron chi connectivity index (χ1n) is 8.33. The summed E-state index contributed by atoms with van der Waals surface area (Å²) >= 11 is 0. The van der Waals surface area contributed by atoms with Crippen molar-refractivity contribution in [1.82, 2.24) is 9.62 Å². The Morgan fingerprint density at radius 1 is 1.33 bits per heavy atom. The summed E-state index contributed by atoms with van der Waals surface area (Å²) in [7, 11) is -3.01. The molecule has 126 valence electrons. The zero-order chi connectivity index (χ0) is 16.1. The van der Waals surface area contributed by atoms with Crippen molar-refractivity contribution in [3.8, 4) is 0 Å². The molecule has 0 aromatic rings. The lowest BCUT2D eigenvalue weighted by Gasteiger charge is -2.33. The van der Waals surface area contributed by atoms with Crippen LogP contribution in [0, 0.1) is 11.3 Å². The SMILES string of the molecule is CCNC(CCCC1CCCN(S(C)(=O)=O)C1)C(C)(C)C. The zero-order valence-electron chi connectivity index (χ0n) is 14.5. The fourth-order valence-electron chi connectivity index (χ4n) is 3.26. The second-order valence-corrected chi connectivity index (χ2v) is 9.52. The molecule has 0 radical (unpaired) electrons. The van der Waals surface area contributed by atoms with Gasteiger partial charge in [-0.15, -0.1) is 0 Å². The minimum absolute atomic E-state index is 0.279. The summed E-state index contributed by atoms with van der Waals surface area (Å²) in [5, 5.41) is 3.59. The van der Waals surface area contributed by atoms with Crippen LogP contribution in [0.1, 0.15) is 59.8 Å². The molecule has 0 amide bonds. The number of hydrogen-bond donors (Lipinski definition) is 1. The predicted octanol–water partition coefficient (Wildman–Crippen LogP) is 2.85. The molecule has 1 aliphatic rings. The van der Waals surface area contributed by atoms with Crippen LogP contribution in [0.15, 0.2) is 0 Å². The van der Waals surface area contributed by atoms with Crippen LogP contribution in [-0.4, -0.2) is 44.7 Å². The van der Waals surface area contributed by atoms with Gasteiger partial charge in [-0.25, -0.2) is 12.7 Å². The van der Waals surface area contributed by atoms with Gasteiger partial charge >= 0.3 is 0 Å². The van der Waals surface area contributed by atoms with Crippen molar-refractivity contribution in [2.75, 3.05) is 25.9 Å². The number of sulfonamides is 1. The molecule has 1 rings (SSSR count). The van der Waals surface area contributed by atoms with Crippen molar-refractivity contribution in [1.29, 1.82) is 0 Å². The summed E-state index contributed by atoms with van der Waals surface area (Å²) < 4.78 is 25.0. The maximum Gasteiger partial charge on any atom is 0.211 e. The van der Waals surface area contributed by atoms with E-state index in [1.54, 1.807) is 4.31 Å². The molecule has 0 aromatic carbocycles. The lowest BCUT2D eigenvalue weighted by atomic mass is 9.82. The summed E-state index contributed by atoms with van der Waals surface area (Å²) in [4.78, 5) is 0. The summed E-state index contributed by atoms with van der Waals surface area (Å²) in [5.74, 6) is 0.538. The fraction of sp³-hybridized carbons (Fsp3) is 1.00. The minimum Gasteiger partial charge on any atom is -0.314 e. The molecule has 2 unspecified atom stereocenters. The smallest absolute Gasteiger partial charge is 0.211 e. The molecule has 1 heterocycles. The van der Waals surface area contributed by atoms with Crippen LogP contribution >= 0.6 is 0 Å². The van der Waals surface area contributed by atoms with E-state index in [9.17, 15) is 8.42 Å². The Morgan fingerprint density at radius 2 is 2.00 bits per heavy atom. The van der Waals surface area contributed by atoms with Gasteiger partial charge in [-0.3, -0.25) is 0 Å². The Morgan fingerprint density at radius 3 is 2.52 bits per heavy atom. The molecule has 0 aromatic heterocycles.